The standard InChI is InChI=1S/C57H61O8S.C31H24O4S.C13H19ClO2.2ClH/c1-36-4-18-51(19-5-36)66(52-20-14-49(15-21-52)62-47-10-6-45(7-11-47)60-34-54(58)64-56(2)41-26-37-24-38(28-41)29-42(56)27-37)53-22-16-50(17-23-53)63-48-12-8-46(9-13-48)61-35-55(59)65-57(3)43-30-39-25-40(32-43)33-44(57)31-39;1-22-2-16-29(17-3-22)36(30-18-12-27(13-19-30)34-25-8-4-23(32)5-9-25)31-20-14-28(15-21-31)35-26-10-6-24(33)7-11-26;1-13(16-12(15)7-14)10-3-8-2-9(5-10)6-11(13)4-8;;/h4-23,37-44H,24-35H2,1-3H3;2-21H,1H3,(H-,32,33);8-11H,2-7H2,1H3;2*1H/q+1;;;;/p-1. The van der Waals surface area contributed by atoms with Crippen molar-refractivity contribution in [3.8, 4) is 69.0 Å². The molecule has 22 rings (SSSR count). The molecule has 0 unspecified atom stereocenters. The van der Waals surface area contributed by atoms with E-state index in [1.54, 1.807) is 48.5 Å². The highest BCUT2D eigenvalue weighted by molar-refractivity contribution is 7.97. The lowest BCUT2D eigenvalue weighted by atomic mass is 9.50. The molecule has 12 bridgehead atoms. The number of hydrogen-bond donors (Lipinski definition) is 2. The summed E-state index contributed by atoms with van der Waals surface area (Å²) in [5.41, 5.74) is 1.50. The second-order valence-electron chi connectivity index (χ2n) is 35.1. The topological polar surface area (TPSA) is 175 Å². The minimum absolute atomic E-state index is 0. The van der Waals surface area contributed by atoms with Crippen molar-refractivity contribution in [2.45, 2.75) is 177 Å². The Morgan fingerprint density at radius 2 is 0.475 bits per heavy atom. The molecule has 0 aromatic heterocycles. The molecule has 14 nitrogen and oxygen atoms in total. The molecule has 12 saturated carbocycles. The van der Waals surface area contributed by atoms with E-state index in [1.807, 2.05) is 97.1 Å². The van der Waals surface area contributed by atoms with E-state index in [0.717, 1.165) is 68.3 Å². The van der Waals surface area contributed by atoms with Crippen LogP contribution in [-0.2, 0) is 50.4 Å². The van der Waals surface area contributed by atoms with Gasteiger partial charge < -0.3 is 77.7 Å². The SMILES string of the molecule is CC1(OC(=O)CCl)C2CC3CC(C2)CC1C3.Cc1ccc([S+](c2ccc(Oc3ccc(O)cc3)cc2)c2ccc(Oc3ccc(O)cc3)cc2)cc1.Cc1ccc([S+](c2ccc(Oc3ccc(OCC(=O)OC4(C)C5CC6CC(C5)CC4C6)cc3)cc2)c2ccc(Oc3ccc(OCC(=O)OC4(C)C5CC6CC(C5)CC4C6)cc3)cc2)cc1.[Cl-].[Cl-]. The first kappa shape index (κ1) is 85.6. The molecule has 0 spiro atoms. The van der Waals surface area contributed by atoms with Crippen molar-refractivity contribution in [2.75, 3.05) is 19.1 Å². The number of esters is 3. The van der Waals surface area contributed by atoms with Gasteiger partial charge in [0.2, 0.25) is 0 Å². The molecule has 10 aromatic carbocycles. The fourth-order valence-corrected chi connectivity index (χ4v) is 25.6. The van der Waals surface area contributed by atoms with Crippen LogP contribution in [0, 0.1) is 84.9 Å². The zero-order valence-corrected chi connectivity index (χ0v) is 72.4. The minimum atomic E-state index is -0.384. The molecule has 120 heavy (non-hydrogen) atoms. The van der Waals surface area contributed by atoms with Crippen LogP contribution in [-0.4, -0.2) is 64.0 Å². The van der Waals surface area contributed by atoms with Gasteiger partial charge in [-0.2, -0.15) is 0 Å². The number of rotatable bonds is 24. The van der Waals surface area contributed by atoms with Gasteiger partial charge in [0, 0.05) is 0 Å². The van der Waals surface area contributed by atoms with E-state index in [2.05, 4.69) is 132 Å². The van der Waals surface area contributed by atoms with Crippen molar-refractivity contribution in [3.63, 3.8) is 0 Å². The van der Waals surface area contributed by atoms with Gasteiger partial charge in [0.05, 0.1) is 21.8 Å². The number of phenols is 2. The summed E-state index contributed by atoms with van der Waals surface area (Å²) in [5.74, 6) is 14.6. The van der Waals surface area contributed by atoms with E-state index in [4.69, 9.17) is 54.2 Å². The van der Waals surface area contributed by atoms with Gasteiger partial charge in [-0.15, -0.1) is 11.6 Å². The molecule has 0 saturated heterocycles. The van der Waals surface area contributed by atoms with Gasteiger partial charge >= 0.3 is 17.9 Å². The molecule has 12 aliphatic rings. The first-order valence-corrected chi connectivity index (χ1v) is 45.1. The summed E-state index contributed by atoms with van der Waals surface area (Å²) in [6, 6.07) is 78.3. The second-order valence-corrected chi connectivity index (χ2v) is 39.4. The van der Waals surface area contributed by atoms with Gasteiger partial charge in [0.1, 0.15) is 91.7 Å². The summed E-state index contributed by atoms with van der Waals surface area (Å²) >= 11 is 5.55. The largest absolute Gasteiger partial charge is 1.00 e. The monoisotopic (exact) mass is 1710 g/mol. The molecule has 0 amide bonds. The van der Waals surface area contributed by atoms with Gasteiger partial charge in [-0.1, -0.05) is 35.4 Å². The Morgan fingerprint density at radius 1 is 0.292 bits per heavy atom. The third-order valence-electron chi connectivity index (χ3n) is 27.1. The van der Waals surface area contributed by atoms with Crippen LogP contribution < -0.4 is 53.2 Å². The zero-order valence-electron chi connectivity index (χ0n) is 68.5. The number of ether oxygens (including phenoxy) is 9. The number of benzene rings is 10. The molecule has 0 aliphatic heterocycles. The predicted octanol–water partition coefficient (Wildman–Crippen LogP) is 18.0. The molecule has 0 heterocycles. The summed E-state index contributed by atoms with van der Waals surface area (Å²) in [6.45, 7) is 10.5. The summed E-state index contributed by atoms with van der Waals surface area (Å²) < 4.78 is 54.2. The molecule has 0 atom stereocenters. The minimum Gasteiger partial charge on any atom is -1.00 e. The zero-order chi connectivity index (χ0) is 81.2. The van der Waals surface area contributed by atoms with E-state index >= 15 is 0 Å². The third kappa shape index (κ3) is 19.5. The second kappa shape index (κ2) is 37.1. The van der Waals surface area contributed by atoms with E-state index in [9.17, 15) is 24.6 Å². The third-order valence-corrected chi connectivity index (χ3v) is 31.8. The Balaban J connectivity index is 0.000000172. The Bertz CT molecular complexity index is 4780. The number of halogens is 3. The fourth-order valence-electron chi connectivity index (χ4n) is 21.5. The van der Waals surface area contributed by atoms with Gasteiger partial charge in [0.25, 0.3) is 0 Å². The lowest BCUT2D eigenvalue weighted by molar-refractivity contribution is -0.205. The molecule has 10 aromatic rings. The highest BCUT2D eigenvalue weighted by Crippen LogP contribution is 2.62. The Kier molecular flexibility index (Phi) is 26.5. The van der Waals surface area contributed by atoms with Gasteiger partial charge in [0.15, 0.2) is 42.6 Å². The van der Waals surface area contributed by atoms with E-state index in [-0.39, 0.29) is 112 Å². The molecule has 0 radical (unpaired) electrons. The maximum atomic E-state index is 13.0. The Hall–Kier alpha value is -9.42. The molecular formula is C101H105Cl3O14S2. The van der Waals surface area contributed by atoms with E-state index < -0.39 is 0 Å². The summed E-state index contributed by atoms with van der Waals surface area (Å²) in [4.78, 5) is 44.5. The Morgan fingerprint density at radius 3 is 0.692 bits per heavy atom. The van der Waals surface area contributed by atoms with Crippen LogP contribution in [0.5, 0.6) is 69.0 Å². The van der Waals surface area contributed by atoms with Crippen molar-refractivity contribution in [1.82, 2.24) is 0 Å². The maximum absolute atomic E-state index is 13.0. The average Bonchev–Trinajstić information content (AvgIpc) is 0.742. The quantitative estimate of drug-likeness (QED) is 0.0253. The molecule has 2 N–H and O–H groups in total. The summed E-state index contributed by atoms with van der Waals surface area (Å²) in [6.07, 6.45) is 18.8. The van der Waals surface area contributed by atoms with Crippen LogP contribution in [0.4, 0.5) is 0 Å². The first-order chi connectivity index (χ1) is 57.2. The van der Waals surface area contributed by atoms with Crippen molar-refractivity contribution >= 4 is 51.3 Å². The highest BCUT2D eigenvalue weighted by Gasteiger charge is 2.60. The van der Waals surface area contributed by atoms with Crippen LogP contribution in [0.25, 0.3) is 0 Å². The van der Waals surface area contributed by atoms with Gasteiger partial charge in [-0.05, 0) is 420 Å². The lowest BCUT2D eigenvalue weighted by Crippen LogP contribution is -3.00. The number of carbonyl (C=O) groups is 3. The van der Waals surface area contributed by atoms with Crippen LogP contribution in [0.1, 0.15) is 128 Å². The first-order valence-electron chi connectivity index (χ1n) is 42.1. The van der Waals surface area contributed by atoms with Gasteiger partial charge in [-0.3, -0.25) is 4.79 Å². The average molecular weight is 1710 g/mol. The van der Waals surface area contributed by atoms with E-state index in [1.165, 1.54) is 127 Å². The smallest absolute Gasteiger partial charge is 0.344 e. The van der Waals surface area contributed by atoms with Crippen LogP contribution in [0.3, 0.4) is 0 Å². The lowest BCUT2D eigenvalue weighted by Gasteiger charge is -2.59. The molecule has 19 heteroatoms. The number of aromatic hydroxyl groups is 2. The summed E-state index contributed by atoms with van der Waals surface area (Å²) in [5, 5.41) is 19.0. The molecule has 626 valence electrons. The van der Waals surface area contributed by atoms with Crippen molar-refractivity contribution < 1.29 is 92.0 Å². The van der Waals surface area contributed by atoms with E-state index in [0.29, 0.717) is 70.0 Å². The predicted molar refractivity (Wildman–Crippen MR) is 458 cm³/mol. The summed E-state index contributed by atoms with van der Waals surface area (Å²) in [7, 11) is -0.700. The maximum Gasteiger partial charge on any atom is 0.344 e. The number of carbonyl (C=O) groups excluding carboxylic acids is 3. The number of hydrogen-bond acceptors (Lipinski definition) is 14. The van der Waals surface area contributed by atoms with Crippen LogP contribution in [0.2, 0.25) is 0 Å². The fraction of sp³-hybridized carbons (Fsp3) is 0.376. The normalized spacial score (nSPS) is 26.5. The number of phenolic OH excluding ortho intramolecular Hbond substituents is 2. The number of aryl methyl sites for hydroxylation is 2. The van der Waals surface area contributed by atoms with Crippen molar-refractivity contribution in [1.29, 1.82) is 0 Å². The Labute approximate surface area is 728 Å². The van der Waals surface area contributed by atoms with Crippen molar-refractivity contribution in [2.24, 2.45) is 71.0 Å². The van der Waals surface area contributed by atoms with Crippen LogP contribution in [0.15, 0.2) is 272 Å². The molecular weight excluding hydrogens is 1610 g/mol. The van der Waals surface area contributed by atoms with Crippen molar-refractivity contribution in [3.05, 3.63) is 254 Å². The highest BCUT2D eigenvalue weighted by atomic mass is 35.5. The number of alkyl halides is 1. The van der Waals surface area contributed by atoms with Gasteiger partial charge in [-0.25, -0.2) is 9.59 Å². The van der Waals surface area contributed by atoms with Crippen LogP contribution >= 0.6 is 11.6 Å². The molecule has 12 aliphatic carbocycles. The molecule has 12 fully saturated rings.